The zero-order chi connectivity index (χ0) is 30.6. The van der Waals surface area contributed by atoms with Crippen molar-refractivity contribution in [1.82, 2.24) is 4.57 Å². The standard InChI is InChI=1S/C26H27N3O10S3/c1-4-39-24(33)14-8-9-16-18(10-14)41-26(29(16)11-21(32)37-2)28-20(31)13-42(35,36)12-19(30)27-23-22(25(34)38-3)15-6-5-7-17(15)40-23/h8-10H,4-7,11-13H2,1-3H3,(H,27,30). The first-order chi connectivity index (χ1) is 20.0. The van der Waals surface area contributed by atoms with Gasteiger partial charge in [0, 0.05) is 4.88 Å². The van der Waals surface area contributed by atoms with Crippen molar-refractivity contribution in [3.63, 3.8) is 0 Å². The van der Waals surface area contributed by atoms with E-state index in [0.29, 0.717) is 16.6 Å². The van der Waals surface area contributed by atoms with Gasteiger partial charge < -0.3 is 24.1 Å². The third-order valence-corrected chi connectivity index (χ3v) is 9.82. The number of carbonyl (C=O) groups is 5. The number of hydrogen-bond donors (Lipinski definition) is 1. The van der Waals surface area contributed by atoms with Crippen molar-refractivity contribution in [3.05, 3.63) is 44.6 Å². The van der Waals surface area contributed by atoms with Crippen molar-refractivity contribution in [1.29, 1.82) is 0 Å². The van der Waals surface area contributed by atoms with Crippen LogP contribution >= 0.6 is 22.7 Å². The second kappa shape index (κ2) is 13.0. The minimum atomic E-state index is -4.27. The number of ether oxygens (including phenoxy) is 3. The Morgan fingerprint density at radius 3 is 2.48 bits per heavy atom. The third-order valence-electron chi connectivity index (χ3n) is 6.19. The molecular weight excluding hydrogens is 610 g/mol. The number of amides is 2. The molecule has 16 heteroatoms. The predicted molar refractivity (Wildman–Crippen MR) is 153 cm³/mol. The molecule has 0 saturated heterocycles. The largest absolute Gasteiger partial charge is 0.468 e. The van der Waals surface area contributed by atoms with Gasteiger partial charge in [-0.25, -0.2) is 18.0 Å². The average molecular weight is 638 g/mol. The van der Waals surface area contributed by atoms with Gasteiger partial charge in [-0.1, -0.05) is 11.3 Å². The molecule has 2 aromatic heterocycles. The van der Waals surface area contributed by atoms with Crippen LogP contribution in [0.4, 0.5) is 5.00 Å². The molecule has 1 N–H and O–H groups in total. The van der Waals surface area contributed by atoms with Gasteiger partial charge in [-0.3, -0.25) is 14.4 Å². The SMILES string of the molecule is CCOC(=O)c1ccc2c(c1)sc(=NC(=O)CS(=O)(=O)CC(=O)Nc1sc3c(c1C(=O)OC)CCC3)n2CC(=O)OC. The number of thiophene rings is 1. The van der Waals surface area contributed by atoms with E-state index in [9.17, 15) is 32.4 Å². The molecule has 42 heavy (non-hydrogen) atoms. The van der Waals surface area contributed by atoms with E-state index in [1.54, 1.807) is 13.0 Å². The number of nitrogens with one attached hydrogen (secondary N) is 1. The fourth-order valence-corrected chi connectivity index (χ4v) is 7.79. The van der Waals surface area contributed by atoms with Crippen LogP contribution in [0, 0.1) is 0 Å². The maximum atomic E-state index is 12.8. The van der Waals surface area contributed by atoms with E-state index in [-0.39, 0.29) is 34.1 Å². The molecule has 224 valence electrons. The molecule has 0 unspecified atom stereocenters. The number of nitrogens with zero attached hydrogens (tertiary/aromatic N) is 2. The van der Waals surface area contributed by atoms with Crippen LogP contribution in [0.15, 0.2) is 23.2 Å². The highest BCUT2D eigenvalue weighted by atomic mass is 32.2. The number of anilines is 1. The minimum absolute atomic E-state index is 0.00289. The summed E-state index contributed by atoms with van der Waals surface area (Å²) in [5.41, 5.74) is 1.71. The summed E-state index contributed by atoms with van der Waals surface area (Å²) in [6, 6.07) is 4.55. The normalized spacial score (nSPS) is 13.1. The molecule has 0 atom stereocenters. The number of aromatic nitrogens is 1. The Hall–Kier alpha value is -3.89. The van der Waals surface area contributed by atoms with Crippen molar-refractivity contribution < 1.29 is 46.6 Å². The van der Waals surface area contributed by atoms with Gasteiger partial charge in [0.05, 0.1) is 42.2 Å². The molecule has 1 aliphatic carbocycles. The molecule has 0 fully saturated rings. The van der Waals surface area contributed by atoms with Crippen molar-refractivity contribution in [2.45, 2.75) is 32.7 Å². The molecule has 0 spiro atoms. The second-order valence-corrected chi connectivity index (χ2v) is 13.3. The van der Waals surface area contributed by atoms with Gasteiger partial charge in [0.15, 0.2) is 14.6 Å². The Labute approximate surface area is 248 Å². The maximum Gasteiger partial charge on any atom is 0.341 e. The van der Waals surface area contributed by atoms with Gasteiger partial charge in [0.2, 0.25) is 5.91 Å². The summed E-state index contributed by atoms with van der Waals surface area (Å²) in [5, 5.41) is 2.69. The van der Waals surface area contributed by atoms with Crippen molar-refractivity contribution in [3.8, 4) is 0 Å². The van der Waals surface area contributed by atoms with Crippen LogP contribution < -0.4 is 10.1 Å². The Bertz CT molecular complexity index is 1770. The van der Waals surface area contributed by atoms with Gasteiger partial charge in [-0.05, 0) is 49.9 Å². The molecule has 1 aliphatic rings. The second-order valence-electron chi connectivity index (χ2n) is 9.09. The molecule has 0 radical (unpaired) electrons. The number of esters is 3. The Morgan fingerprint density at radius 1 is 1.02 bits per heavy atom. The first-order valence-corrected chi connectivity index (χ1v) is 16.1. The van der Waals surface area contributed by atoms with E-state index in [1.165, 1.54) is 42.3 Å². The molecule has 4 rings (SSSR count). The minimum Gasteiger partial charge on any atom is -0.468 e. The Morgan fingerprint density at radius 2 is 1.79 bits per heavy atom. The lowest BCUT2D eigenvalue weighted by atomic mass is 10.1. The van der Waals surface area contributed by atoms with Crippen LogP contribution in [0.2, 0.25) is 0 Å². The van der Waals surface area contributed by atoms with Crippen molar-refractivity contribution in [2.75, 3.05) is 37.6 Å². The van der Waals surface area contributed by atoms with Crippen molar-refractivity contribution in [2.24, 2.45) is 4.99 Å². The fourth-order valence-electron chi connectivity index (χ4n) is 4.40. The van der Waals surface area contributed by atoms with E-state index in [1.807, 2.05) is 0 Å². The summed E-state index contributed by atoms with van der Waals surface area (Å²) in [7, 11) is -1.87. The van der Waals surface area contributed by atoms with E-state index in [0.717, 1.165) is 34.6 Å². The number of thiazole rings is 1. The number of sulfone groups is 1. The number of rotatable bonds is 10. The lowest BCUT2D eigenvalue weighted by Crippen LogP contribution is -2.29. The van der Waals surface area contributed by atoms with E-state index in [4.69, 9.17) is 14.2 Å². The Kier molecular flexibility index (Phi) is 9.58. The van der Waals surface area contributed by atoms with Gasteiger partial charge in [-0.2, -0.15) is 4.99 Å². The number of methoxy groups -OCH3 is 2. The molecule has 0 aliphatic heterocycles. The summed E-state index contributed by atoms with van der Waals surface area (Å²) in [6.07, 6.45) is 2.26. The zero-order valence-corrected chi connectivity index (χ0v) is 25.3. The number of hydrogen-bond acceptors (Lipinski definition) is 12. The smallest absolute Gasteiger partial charge is 0.341 e. The summed E-state index contributed by atoms with van der Waals surface area (Å²) < 4.78 is 41.9. The third kappa shape index (κ3) is 6.94. The van der Waals surface area contributed by atoms with Gasteiger partial charge in [-0.15, -0.1) is 11.3 Å². The topological polar surface area (TPSA) is 176 Å². The lowest BCUT2D eigenvalue weighted by Gasteiger charge is -2.07. The van der Waals surface area contributed by atoms with Crippen LogP contribution in [-0.4, -0.2) is 75.0 Å². The molecule has 1 aromatic carbocycles. The molecule has 3 aromatic rings. The number of carbonyl (C=O) groups excluding carboxylic acids is 5. The fraction of sp³-hybridized carbons (Fsp3) is 0.385. The molecule has 2 amide bonds. The highest BCUT2D eigenvalue weighted by Crippen LogP contribution is 2.39. The first-order valence-electron chi connectivity index (χ1n) is 12.6. The number of benzene rings is 1. The van der Waals surface area contributed by atoms with Crippen LogP contribution in [0.25, 0.3) is 10.2 Å². The van der Waals surface area contributed by atoms with E-state index in [2.05, 4.69) is 10.3 Å². The van der Waals surface area contributed by atoms with Gasteiger partial charge >= 0.3 is 17.9 Å². The number of aryl methyl sites for hydroxylation is 1. The van der Waals surface area contributed by atoms with Crippen LogP contribution in [0.5, 0.6) is 0 Å². The molecule has 0 saturated carbocycles. The predicted octanol–water partition coefficient (Wildman–Crippen LogP) is 1.87. The van der Waals surface area contributed by atoms with Gasteiger partial charge in [0.1, 0.15) is 23.1 Å². The summed E-state index contributed by atoms with van der Waals surface area (Å²) in [5.74, 6) is -5.91. The zero-order valence-electron chi connectivity index (χ0n) is 22.9. The highest BCUT2D eigenvalue weighted by molar-refractivity contribution is 7.92. The summed E-state index contributed by atoms with van der Waals surface area (Å²) >= 11 is 2.15. The lowest BCUT2D eigenvalue weighted by molar-refractivity contribution is -0.141. The van der Waals surface area contributed by atoms with Crippen LogP contribution in [-0.2, 0) is 57.8 Å². The quantitative estimate of drug-likeness (QED) is 0.255. The van der Waals surface area contributed by atoms with Crippen LogP contribution in [0.1, 0.15) is 44.5 Å². The molecule has 13 nitrogen and oxygen atoms in total. The molecule has 0 bridgehead atoms. The Balaban J connectivity index is 1.55. The van der Waals surface area contributed by atoms with Gasteiger partial charge in [0.25, 0.3) is 5.91 Å². The average Bonchev–Trinajstić information content (AvgIpc) is 3.60. The summed E-state index contributed by atoms with van der Waals surface area (Å²) in [4.78, 5) is 66.7. The molecular formula is C26H27N3O10S3. The van der Waals surface area contributed by atoms with E-state index < -0.39 is 51.1 Å². The van der Waals surface area contributed by atoms with E-state index >= 15 is 0 Å². The van der Waals surface area contributed by atoms with Crippen LogP contribution in [0.3, 0.4) is 0 Å². The number of fused-ring (bicyclic) bond motifs is 2. The highest BCUT2D eigenvalue weighted by Gasteiger charge is 2.29. The monoisotopic (exact) mass is 637 g/mol. The first kappa shape index (κ1) is 31.1. The molecule has 2 heterocycles. The summed E-state index contributed by atoms with van der Waals surface area (Å²) in [6.45, 7) is 1.51. The maximum absolute atomic E-state index is 12.8. The van der Waals surface area contributed by atoms with Crippen molar-refractivity contribution >= 4 is 77.5 Å².